The van der Waals surface area contributed by atoms with Gasteiger partial charge >= 0.3 is 0 Å². The third-order valence-corrected chi connectivity index (χ3v) is 3.97. The molecule has 0 fully saturated rings. The van der Waals surface area contributed by atoms with Crippen molar-refractivity contribution in [3.8, 4) is 0 Å². The number of furan rings is 1. The first-order valence-electron chi connectivity index (χ1n) is 8.14. The zero-order chi connectivity index (χ0) is 18.5. The van der Waals surface area contributed by atoms with Crippen LogP contribution >= 0.6 is 0 Å². The Labute approximate surface area is 151 Å². The minimum absolute atomic E-state index is 0.137. The summed E-state index contributed by atoms with van der Waals surface area (Å²) in [6.45, 7) is 2.32. The van der Waals surface area contributed by atoms with Gasteiger partial charge in [0.25, 0.3) is 11.8 Å². The molecule has 0 aliphatic heterocycles. The Kier molecular flexibility index (Phi) is 5.12. The summed E-state index contributed by atoms with van der Waals surface area (Å²) in [5, 5.41) is 2.78. The minimum atomic E-state index is -0.355. The first-order chi connectivity index (χ1) is 12.5. The first kappa shape index (κ1) is 17.4. The average Bonchev–Trinajstić information content (AvgIpc) is 3.18. The molecule has 1 aromatic carbocycles. The number of anilines is 1. The maximum absolute atomic E-state index is 12.7. The molecule has 0 radical (unpaired) electrons. The van der Waals surface area contributed by atoms with Gasteiger partial charge in [-0.15, -0.1) is 0 Å². The van der Waals surface area contributed by atoms with Crippen molar-refractivity contribution in [3.05, 3.63) is 83.6 Å². The van der Waals surface area contributed by atoms with Crippen molar-refractivity contribution in [2.75, 3.05) is 12.4 Å². The summed E-state index contributed by atoms with van der Waals surface area (Å²) in [6, 6.07) is 12.2. The van der Waals surface area contributed by atoms with Crippen molar-refractivity contribution in [2.45, 2.75) is 13.5 Å². The van der Waals surface area contributed by atoms with Gasteiger partial charge in [0, 0.05) is 37.2 Å². The molecule has 6 nitrogen and oxygen atoms in total. The summed E-state index contributed by atoms with van der Waals surface area (Å²) in [7, 11) is 1.73. The number of hydrogen-bond donors (Lipinski definition) is 1. The van der Waals surface area contributed by atoms with E-state index in [0.717, 1.165) is 11.1 Å². The molecule has 0 spiro atoms. The van der Waals surface area contributed by atoms with Crippen LogP contribution in [0.5, 0.6) is 0 Å². The highest BCUT2D eigenvalue weighted by Crippen LogP contribution is 2.19. The van der Waals surface area contributed by atoms with E-state index in [2.05, 4.69) is 10.3 Å². The lowest BCUT2D eigenvalue weighted by Crippen LogP contribution is -2.26. The maximum Gasteiger partial charge on any atom is 0.291 e. The van der Waals surface area contributed by atoms with Gasteiger partial charge in [0.2, 0.25) is 0 Å². The topological polar surface area (TPSA) is 75.4 Å². The largest absolute Gasteiger partial charge is 0.459 e. The number of carbonyl (C=O) groups excluding carboxylic acids is 2. The third-order valence-electron chi connectivity index (χ3n) is 3.97. The summed E-state index contributed by atoms with van der Waals surface area (Å²) in [4.78, 5) is 30.5. The second kappa shape index (κ2) is 7.65. The second-order valence-electron chi connectivity index (χ2n) is 5.98. The summed E-state index contributed by atoms with van der Waals surface area (Å²) in [6.07, 6.45) is 4.86. The van der Waals surface area contributed by atoms with Gasteiger partial charge in [-0.1, -0.05) is 12.1 Å². The summed E-state index contributed by atoms with van der Waals surface area (Å²) >= 11 is 0. The van der Waals surface area contributed by atoms with Crippen LogP contribution in [0.25, 0.3) is 0 Å². The smallest absolute Gasteiger partial charge is 0.291 e. The molecular weight excluding hydrogens is 330 g/mol. The highest BCUT2D eigenvalue weighted by Gasteiger charge is 2.16. The zero-order valence-corrected chi connectivity index (χ0v) is 14.6. The lowest BCUT2D eigenvalue weighted by atomic mass is 10.1. The lowest BCUT2D eigenvalue weighted by molar-refractivity contribution is 0.0784. The Morgan fingerprint density at radius 3 is 2.73 bits per heavy atom. The van der Waals surface area contributed by atoms with E-state index in [1.54, 1.807) is 48.6 Å². The highest BCUT2D eigenvalue weighted by atomic mass is 16.3. The molecule has 1 N–H and O–H groups in total. The molecule has 0 unspecified atom stereocenters. The van der Waals surface area contributed by atoms with E-state index in [-0.39, 0.29) is 17.6 Å². The van der Waals surface area contributed by atoms with Crippen molar-refractivity contribution in [2.24, 2.45) is 0 Å². The standard InChI is InChI=1S/C20H19N3O3/c1-14-7-8-16(11-17(14)22-19(24)18-6-4-10-26-18)20(25)23(2)13-15-5-3-9-21-12-15/h3-12H,13H2,1-2H3,(H,22,24). The van der Waals surface area contributed by atoms with Crippen LogP contribution in [0.4, 0.5) is 5.69 Å². The maximum atomic E-state index is 12.7. The molecule has 0 bridgehead atoms. The molecule has 6 heteroatoms. The van der Waals surface area contributed by atoms with Gasteiger partial charge in [-0.25, -0.2) is 0 Å². The Hall–Kier alpha value is -3.41. The van der Waals surface area contributed by atoms with Crippen molar-refractivity contribution in [1.82, 2.24) is 9.88 Å². The lowest BCUT2D eigenvalue weighted by Gasteiger charge is -2.18. The Balaban J connectivity index is 1.75. The van der Waals surface area contributed by atoms with Crippen LogP contribution in [0.3, 0.4) is 0 Å². The number of rotatable bonds is 5. The van der Waals surface area contributed by atoms with Gasteiger partial charge in [-0.05, 0) is 48.4 Å². The monoisotopic (exact) mass is 349 g/mol. The molecule has 2 aromatic heterocycles. The summed E-state index contributed by atoms with van der Waals surface area (Å²) < 4.78 is 5.10. The quantitative estimate of drug-likeness (QED) is 0.765. The molecule has 0 saturated carbocycles. The molecule has 132 valence electrons. The van der Waals surface area contributed by atoms with E-state index in [9.17, 15) is 9.59 Å². The van der Waals surface area contributed by atoms with Crippen LogP contribution in [-0.4, -0.2) is 28.7 Å². The molecule has 2 amide bonds. The SMILES string of the molecule is Cc1ccc(C(=O)N(C)Cc2cccnc2)cc1NC(=O)c1ccco1. The number of benzene rings is 1. The van der Waals surface area contributed by atoms with Crippen molar-refractivity contribution in [3.63, 3.8) is 0 Å². The van der Waals surface area contributed by atoms with Gasteiger partial charge in [0.05, 0.1) is 6.26 Å². The van der Waals surface area contributed by atoms with E-state index in [1.807, 2.05) is 25.1 Å². The predicted octanol–water partition coefficient (Wildman–Crippen LogP) is 3.51. The average molecular weight is 349 g/mol. The van der Waals surface area contributed by atoms with Crippen LogP contribution in [-0.2, 0) is 6.54 Å². The highest BCUT2D eigenvalue weighted by molar-refractivity contribution is 6.03. The van der Waals surface area contributed by atoms with Crippen LogP contribution in [0.2, 0.25) is 0 Å². The van der Waals surface area contributed by atoms with Gasteiger partial charge in [-0.2, -0.15) is 0 Å². The Morgan fingerprint density at radius 1 is 1.19 bits per heavy atom. The molecule has 3 rings (SSSR count). The Bertz CT molecular complexity index is 905. The van der Waals surface area contributed by atoms with Crippen molar-refractivity contribution >= 4 is 17.5 Å². The van der Waals surface area contributed by atoms with Gasteiger partial charge < -0.3 is 14.6 Å². The number of nitrogens with zero attached hydrogens (tertiary/aromatic N) is 2. The third kappa shape index (κ3) is 3.97. The summed E-state index contributed by atoms with van der Waals surface area (Å²) in [5.41, 5.74) is 2.88. The Morgan fingerprint density at radius 2 is 2.04 bits per heavy atom. The minimum Gasteiger partial charge on any atom is -0.459 e. The number of aromatic nitrogens is 1. The number of hydrogen-bond acceptors (Lipinski definition) is 4. The van der Waals surface area contributed by atoms with E-state index in [0.29, 0.717) is 17.8 Å². The molecule has 26 heavy (non-hydrogen) atoms. The van der Waals surface area contributed by atoms with Gasteiger partial charge in [-0.3, -0.25) is 14.6 Å². The molecule has 3 aromatic rings. The van der Waals surface area contributed by atoms with Gasteiger partial charge in [0.1, 0.15) is 0 Å². The van der Waals surface area contributed by atoms with E-state index in [4.69, 9.17) is 4.42 Å². The van der Waals surface area contributed by atoms with Crippen LogP contribution in [0.1, 0.15) is 32.0 Å². The number of carbonyl (C=O) groups is 2. The number of amides is 2. The fourth-order valence-electron chi connectivity index (χ4n) is 2.54. The molecular formula is C20H19N3O3. The fraction of sp³-hybridized carbons (Fsp3) is 0.150. The van der Waals surface area contributed by atoms with Gasteiger partial charge in [0.15, 0.2) is 5.76 Å². The second-order valence-corrected chi connectivity index (χ2v) is 5.98. The molecule has 0 aliphatic carbocycles. The predicted molar refractivity (Wildman–Crippen MR) is 97.9 cm³/mol. The number of pyridine rings is 1. The zero-order valence-electron chi connectivity index (χ0n) is 14.6. The van der Waals surface area contributed by atoms with E-state index >= 15 is 0 Å². The molecule has 0 atom stereocenters. The first-order valence-corrected chi connectivity index (χ1v) is 8.14. The van der Waals surface area contributed by atoms with Crippen molar-refractivity contribution < 1.29 is 14.0 Å². The fourth-order valence-corrected chi connectivity index (χ4v) is 2.54. The number of aryl methyl sites for hydroxylation is 1. The normalized spacial score (nSPS) is 10.4. The number of nitrogens with one attached hydrogen (secondary N) is 1. The molecule has 2 heterocycles. The van der Waals surface area contributed by atoms with Crippen LogP contribution in [0.15, 0.2) is 65.5 Å². The summed E-state index contributed by atoms with van der Waals surface area (Å²) in [5.74, 6) is -0.274. The van der Waals surface area contributed by atoms with E-state index in [1.165, 1.54) is 6.26 Å². The molecule has 0 aliphatic rings. The van der Waals surface area contributed by atoms with Crippen LogP contribution < -0.4 is 5.32 Å². The van der Waals surface area contributed by atoms with E-state index < -0.39 is 0 Å². The molecule has 0 saturated heterocycles. The van der Waals surface area contributed by atoms with Crippen LogP contribution in [0, 0.1) is 6.92 Å². The van der Waals surface area contributed by atoms with Crippen molar-refractivity contribution in [1.29, 1.82) is 0 Å².